The third-order valence-corrected chi connectivity index (χ3v) is 1.28. The summed E-state index contributed by atoms with van der Waals surface area (Å²) in [6.07, 6.45) is -1.42. The second-order valence-electron chi connectivity index (χ2n) is 2.69. The van der Waals surface area contributed by atoms with Crippen molar-refractivity contribution in [2.75, 3.05) is 26.3 Å². The lowest BCUT2D eigenvalue weighted by molar-refractivity contribution is -0.0882. The molecule has 0 aliphatic carbocycles. The molecule has 3 N–H and O–H groups in total. The highest BCUT2D eigenvalue weighted by molar-refractivity contribution is 4.45. The molecule has 2 unspecified atom stereocenters. The van der Waals surface area contributed by atoms with Gasteiger partial charge < -0.3 is 25.0 Å². The maximum atomic E-state index is 8.72. The van der Waals surface area contributed by atoms with E-state index in [1.165, 1.54) is 0 Å². The fraction of sp³-hybridized carbons (Fsp3) is 1.00. The van der Waals surface area contributed by atoms with Crippen LogP contribution in [0.1, 0.15) is 13.8 Å². The monoisotopic (exact) mass is 193 g/mol. The number of rotatable bonds is 8. The molecule has 2 atom stereocenters. The zero-order valence-corrected chi connectivity index (χ0v) is 8.19. The summed E-state index contributed by atoms with van der Waals surface area (Å²) in [5.41, 5.74) is 0. The van der Waals surface area contributed by atoms with Crippen molar-refractivity contribution < 1.29 is 19.7 Å². The molecule has 0 bridgehead atoms. The van der Waals surface area contributed by atoms with Crippen molar-refractivity contribution in [2.45, 2.75) is 26.4 Å². The molecule has 0 radical (unpaired) electrons. The molecule has 5 heteroatoms. The average molecular weight is 193 g/mol. The number of hydrogen-bond acceptors (Lipinski definition) is 5. The summed E-state index contributed by atoms with van der Waals surface area (Å²) >= 11 is 0. The number of nitrogens with one attached hydrogen (secondary N) is 1. The molecule has 0 heterocycles. The van der Waals surface area contributed by atoms with E-state index >= 15 is 0 Å². The Kier molecular flexibility index (Phi) is 8.27. The van der Waals surface area contributed by atoms with Crippen molar-refractivity contribution in [3.8, 4) is 0 Å². The van der Waals surface area contributed by atoms with Crippen molar-refractivity contribution >= 4 is 0 Å². The summed E-state index contributed by atoms with van der Waals surface area (Å²) in [7, 11) is 0. The Morgan fingerprint density at radius 1 is 1.00 bits per heavy atom. The Morgan fingerprint density at radius 3 is 1.69 bits per heavy atom. The summed E-state index contributed by atoms with van der Waals surface area (Å²) in [6.45, 7) is 5.38. The van der Waals surface area contributed by atoms with Crippen molar-refractivity contribution in [3.05, 3.63) is 0 Å². The minimum atomic E-state index is -0.712. The van der Waals surface area contributed by atoms with Gasteiger partial charge in [-0.3, -0.25) is 0 Å². The quantitative estimate of drug-likeness (QED) is 0.351. The van der Waals surface area contributed by atoms with Crippen molar-refractivity contribution in [1.29, 1.82) is 0 Å². The number of hydrogen-bond donors (Lipinski definition) is 3. The summed E-state index contributed by atoms with van der Waals surface area (Å²) in [4.78, 5) is 0. The molecular formula is C8H19NO4. The lowest BCUT2D eigenvalue weighted by atomic mass is 10.6. The molecule has 0 fully saturated rings. The minimum absolute atomic E-state index is 0.465. The normalized spacial score (nSPS) is 15.7. The van der Waals surface area contributed by atoms with Gasteiger partial charge in [0.1, 0.15) is 0 Å². The van der Waals surface area contributed by atoms with Crippen LogP contribution in [0.15, 0.2) is 0 Å². The third-order valence-electron chi connectivity index (χ3n) is 1.28. The first-order chi connectivity index (χ1) is 6.13. The Hall–Kier alpha value is -0.200. The Balaban J connectivity index is 2.92. The summed E-state index contributed by atoms with van der Waals surface area (Å²) < 4.78 is 9.74. The second-order valence-corrected chi connectivity index (χ2v) is 2.69. The first-order valence-electron chi connectivity index (χ1n) is 4.43. The maximum absolute atomic E-state index is 8.72. The molecule has 5 nitrogen and oxygen atoms in total. The zero-order chi connectivity index (χ0) is 10.1. The summed E-state index contributed by atoms with van der Waals surface area (Å²) in [5.74, 6) is 0. The molecule has 0 spiro atoms. The topological polar surface area (TPSA) is 71.0 Å². The Bertz CT molecular complexity index is 96.3. The van der Waals surface area contributed by atoms with Crippen molar-refractivity contribution in [1.82, 2.24) is 5.32 Å². The van der Waals surface area contributed by atoms with E-state index in [4.69, 9.17) is 19.7 Å². The molecule has 80 valence electrons. The number of aliphatic hydroxyl groups excluding tert-OH is 2. The molecule has 0 saturated heterocycles. The van der Waals surface area contributed by atoms with Gasteiger partial charge in [-0.25, -0.2) is 0 Å². The SMILES string of the molecule is CC(O)OCCNCCOC(C)O. The van der Waals surface area contributed by atoms with Crippen LogP contribution in [0.25, 0.3) is 0 Å². The molecule has 0 aromatic rings. The van der Waals surface area contributed by atoms with Crippen LogP contribution in [0.5, 0.6) is 0 Å². The number of aliphatic hydroxyl groups is 2. The molecule has 0 amide bonds. The fourth-order valence-corrected chi connectivity index (χ4v) is 0.728. The first kappa shape index (κ1) is 12.8. The van der Waals surface area contributed by atoms with Crippen LogP contribution in [-0.4, -0.2) is 49.1 Å². The Morgan fingerprint density at radius 2 is 1.38 bits per heavy atom. The lowest BCUT2D eigenvalue weighted by Gasteiger charge is -2.09. The van der Waals surface area contributed by atoms with Crippen LogP contribution in [0.2, 0.25) is 0 Å². The van der Waals surface area contributed by atoms with Crippen LogP contribution < -0.4 is 5.32 Å². The van der Waals surface area contributed by atoms with E-state index in [2.05, 4.69) is 5.32 Å². The van der Waals surface area contributed by atoms with Crippen molar-refractivity contribution in [3.63, 3.8) is 0 Å². The van der Waals surface area contributed by atoms with Crippen LogP contribution in [0, 0.1) is 0 Å². The van der Waals surface area contributed by atoms with Gasteiger partial charge in [0, 0.05) is 13.1 Å². The van der Waals surface area contributed by atoms with Crippen molar-refractivity contribution in [2.24, 2.45) is 0 Å². The van der Waals surface area contributed by atoms with Crippen LogP contribution in [0.3, 0.4) is 0 Å². The molecule has 0 rings (SSSR count). The summed E-state index contributed by atoms with van der Waals surface area (Å²) in [6, 6.07) is 0. The van der Waals surface area contributed by atoms with Gasteiger partial charge >= 0.3 is 0 Å². The van der Waals surface area contributed by atoms with Gasteiger partial charge in [-0.05, 0) is 13.8 Å². The minimum Gasteiger partial charge on any atom is -0.368 e. The van der Waals surface area contributed by atoms with E-state index in [0.717, 1.165) is 0 Å². The highest BCUT2D eigenvalue weighted by Gasteiger charge is 1.95. The summed E-state index contributed by atoms with van der Waals surface area (Å²) in [5, 5.41) is 20.5. The molecule has 0 aromatic carbocycles. The van der Waals surface area contributed by atoms with E-state index in [1.54, 1.807) is 13.8 Å². The van der Waals surface area contributed by atoms with Crippen LogP contribution in [0.4, 0.5) is 0 Å². The van der Waals surface area contributed by atoms with Gasteiger partial charge in [0.15, 0.2) is 12.6 Å². The van der Waals surface area contributed by atoms with Gasteiger partial charge in [0.05, 0.1) is 13.2 Å². The van der Waals surface area contributed by atoms with E-state index in [0.29, 0.717) is 26.3 Å². The standard InChI is InChI=1S/C8H19NO4/c1-7(10)12-5-3-9-4-6-13-8(2)11/h7-11H,3-6H2,1-2H3. The third kappa shape index (κ3) is 11.8. The van der Waals surface area contributed by atoms with Gasteiger partial charge in [-0.1, -0.05) is 0 Å². The van der Waals surface area contributed by atoms with Crippen LogP contribution in [-0.2, 0) is 9.47 Å². The Labute approximate surface area is 78.7 Å². The van der Waals surface area contributed by atoms with Gasteiger partial charge in [0.25, 0.3) is 0 Å². The van der Waals surface area contributed by atoms with E-state index < -0.39 is 12.6 Å². The van der Waals surface area contributed by atoms with Crippen LogP contribution >= 0.6 is 0 Å². The zero-order valence-electron chi connectivity index (χ0n) is 8.19. The number of ether oxygens (including phenoxy) is 2. The molecule has 0 aromatic heterocycles. The highest BCUT2D eigenvalue weighted by atomic mass is 16.6. The predicted octanol–water partition coefficient (Wildman–Crippen LogP) is -0.714. The maximum Gasteiger partial charge on any atom is 0.151 e. The lowest BCUT2D eigenvalue weighted by Crippen LogP contribution is -2.26. The predicted molar refractivity (Wildman–Crippen MR) is 48.1 cm³/mol. The second kappa shape index (κ2) is 8.40. The van der Waals surface area contributed by atoms with E-state index in [-0.39, 0.29) is 0 Å². The highest BCUT2D eigenvalue weighted by Crippen LogP contribution is 1.83. The van der Waals surface area contributed by atoms with Gasteiger partial charge in [-0.15, -0.1) is 0 Å². The molecule has 0 saturated carbocycles. The molecular weight excluding hydrogens is 174 g/mol. The van der Waals surface area contributed by atoms with E-state index in [1.807, 2.05) is 0 Å². The largest absolute Gasteiger partial charge is 0.368 e. The molecule has 0 aliphatic heterocycles. The fourth-order valence-electron chi connectivity index (χ4n) is 0.728. The van der Waals surface area contributed by atoms with E-state index in [9.17, 15) is 0 Å². The van der Waals surface area contributed by atoms with Gasteiger partial charge in [-0.2, -0.15) is 0 Å². The van der Waals surface area contributed by atoms with Gasteiger partial charge in [0.2, 0.25) is 0 Å². The first-order valence-corrected chi connectivity index (χ1v) is 4.43. The molecule has 13 heavy (non-hydrogen) atoms. The average Bonchev–Trinajstić information content (AvgIpc) is 2.01. The smallest absolute Gasteiger partial charge is 0.151 e. The molecule has 0 aliphatic rings.